The van der Waals surface area contributed by atoms with Crippen LogP contribution in [-0.2, 0) is 5.75 Å². The van der Waals surface area contributed by atoms with E-state index < -0.39 is 0 Å². The number of benzene rings is 2. The van der Waals surface area contributed by atoms with Crippen molar-refractivity contribution in [3.63, 3.8) is 0 Å². The van der Waals surface area contributed by atoms with Gasteiger partial charge in [-0.15, -0.1) is 11.8 Å². The van der Waals surface area contributed by atoms with Crippen LogP contribution in [0.1, 0.15) is 54.9 Å². The van der Waals surface area contributed by atoms with E-state index in [1.54, 1.807) is 11.8 Å². The number of thioether (sulfide) groups is 1. The number of nitrogens with zero attached hydrogens (tertiary/aromatic N) is 1. The van der Waals surface area contributed by atoms with Gasteiger partial charge in [0.15, 0.2) is 0 Å². The topological polar surface area (TPSA) is 55.1 Å². The summed E-state index contributed by atoms with van der Waals surface area (Å²) in [7, 11) is 0. The van der Waals surface area contributed by atoms with Gasteiger partial charge in [-0.25, -0.2) is 4.98 Å². The van der Waals surface area contributed by atoms with E-state index in [0.717, 1.165) is 29.2 Å². The van der Waals surface area contributed by atoms with Gasteiger partial charge in [-0.3, -0.25) is 4.79 Å². The second-order valence-corrected chi connectivity index (χ2v) is 9.60. The van der Waals surface area contributed by atoms with Gasteiger partial charge in [0.2, 0.25) is 5.89 Å². The second kappa shape index (κ2) is 9.73. The zero-order valence-electron chi connectivity index (χ0n) is 18.4. The lowest BCUT2D eigenvalue weighted by atomic mass is 9.78. The molecule has 2 aromatic carbocycles. The molecule has 3 aromatic rings. The van der Waals surface area contributed by atoms with Gasteiger partial charge in [0.05, 0.1) is 5.69 Å². The summed E-state index contributed by atoms with van der Waals surface area (Å²) in [6, 6.07) is 18.1. The lowest BCUT2D eigenvalue weighted by Gasteiger charge is -2.34. The van der Waals surface area contributed by atoms with Gasteiger partial charge in [0.1, 0.15) is 5.76 Å². The average molecular weight is 435 g/mol. The smallest absolute Gasteiger partial charge is 0.251 e. The van der Waals surface area contributed by atoms with Gasteiger partial charge in [-0.1, -0.05) is 44.9 Å². The number of oxazole rings is 1. The molecule has 1 aliphatic rings. The zero-order valence-corrected chi connectivity index (χ0v) is 19.2. The summed E-state index contributed by atoms with van der Waals surface area (Å²) in [6.45, 7) is 6.48. The molecule has 1 fully saturated rings. The van der Waals surface area contributed by atoms with Gasteiger partial charge >= 0.3 is 0 Å². The molecule has 0 saturated heterocycles. The lowest BCUT2D eigenvalue weighted by Crippen LogP contribution is -2.43. The van der Waals surface area contributed by atoms with E-state index in [1.807, 2.05) is 49.4 Å². The molecule has 162 valence electrons. The molecule has 1 aliphatic carbocycles. The summed E-state index contributed by atoms with van der Waals surface area (Å²) in [4.78, 5) is 18.6. The first-order chi connectivity index (χ1) is 15.0. The van der Waals surface area contributed by atoms with Crippen LogP contribution in [0.25, 0.3) is 11.5 Å². The van der Waals surface area contributed by atoms with E-state index in [-0.39, 0.29) is 11.9 Å². The highest BCUT2D eigenvalue weighted by atomic mass is 32.2. The Morgan fingerprint density at radius 2 is 1.84 bits per heavy atom. The average Bonchev–Trinajstić information content (AvgIpc) is 3.17. The number of aromatic nitrogens is 1. The van der Waals surface area contributed by atoms with E-state index in [1.165, 1.54) is 17.7 Å². The Morgan fingerprint density at radius 1 is 1.10 bits per heavy atom. The van der Waals surface area contributed by atoms with E-state index in [4.69, 9.17) is 9.40 Å². The maximum absolute atomic E-state index is 12.7. The van der Waals surface area contributed by atoms with Crippen molar-refractivity contribution in [3.8, 4) is 11.5 Å². The van der Waals surface area contributed by atoms with Crippen molar-refractivity contribution in [2.75, 3.05) is 0 Å². The second-order valence-electron chi connectivity index (χ2n) is 8.55. The maximum atomic E-state index is 12.7. The molecule has 1 heterocycles. The zero-order chi connectivity index (χ0) is 21.8. The fraction of sp³-hybridized carbons (Fsp3) is 0.385. The molecule has 1 aromatic heterocycles. The summed E-state index contributed by atoms with van der Waals surface area (Å²) in [5, 5.41) is 3.24. The maximum Gasteiger partial charge on any atom is 0.251 e. The minimum atomic E-state index is 0.000958. The van der Waals surface area contributed by atoms with Gasteiger partial charge in [-0.05, 0) is 61.6 Å². The van der Waals surface area contributed by atoms with E-state index in [2.05, 4.69) is 31.3 Å². The van der Waals surface area contributed by atoms with Crippen LogP contribution in [0.3, 0.4) is 0 Å². The number of carbonyl (C=O) groups is 1. The number of rotatable bonds is 6. The number of hydrogen-bond donors (Lipinski definition) is 1. The molecule has 5 heteroatoms. The van der Waals surface area contributed by atoms with Gasteiger partial charge in [0.25, 0.3) is 5.91 Å². The summed E-state index contributed by atoms with van der Waals surface area (Å²) in [5.74, 6) is 3.37. The molecule has 3 atom stereocenters. The van der Waals surface area contributed by atoms with Crippen molar-refractivity contribution in [2.24, 2.45) is 11.8 Å². The molecule has 1 amide bonds. The standard InChI is InChI=1S/C26H30N2O2S/c1-17-8-7-11-23(18(17)2)27-25(29)20-12-14-21(15-13-20)26-28-24(19(3)30-26)16-31-22-9-5-4-6-10-22/h4-6,9-10,12-15,17-18,23H,7-8,11,16H2,1-3H3,(H,27,29)/t17-,18+,23+/m0/s1. The summed E-state index contributed by atoms with van der Waals surface area (Å²) in [6.07, 6.45) is 3.50. The number of aryl methyl sites for hydroxylation is 1. The first kappa shape index (κ1) is 21.7. The Morgan fingerprint density at radius 3 is 2.58 bits per heavy atom. The molecule has 1 N–H and O–H groups in total. The van der Waals surface area contributed by atoms with Crippen LogP contribution < -0.4 is 5.32 Å². The molecule has 0 aliphatic heterocycles. The minimum absolute atomic E-state index is 0.000958. The van der Waals surface area contributed by atoms with Crippen molar-refractivity contribution in [3.05, 3.63) is 71.6 Å². The third kappa shape index (κ3) is 5.21. The molecule has 1 saturated carbocycles. The van der Waals surface area contributed by atoms with Gasteiger partial charge in [0, 0.05) is 27.8 Å². The van der Waals surface area contributed by atoms with Crippen molar-refractivity contribution in [2.45, 2.75) is 56.7 Å². The van der Waals surface area contributed by atoms with Crippen LogP contribution in [0.5, 0.6) is 0 Å². The van der Waals surface area contributed by atoms with Crippen LogP contribution in [0.15, 0.2) is 63.9 Å². The molecule has 31 heavy (non-hydrogen) atoms. The highest BCUT2D eigenvalue weighted by Crippen LogP contribution is 2.30. The summed E-state index contributed by atoms with van der Waals surface area (Å²) < 4.78 is 5.91. The SMILES string of the molecule is Cc1oc(-c2ccc(C(=O)N[C@@H]3CCC[C@H](C)[C@H]3C)cc2)nc1CSc1ccccc1. The fourth-order valence-corrected chi connectivity index (χ4v) is 5.08. The predicted molar refractivity (Wildman–Crippen MR) is 126 cm³/mol. The Kier molecular flexibility index (Phi) is 6.81. The van der Waals surface area contributed by atoms with Crippen LogP contribution in [0.2, 0.25) is 0 Å². The van der Waals surface area contributed by atoms with Gasteiger partial charge < -0.3 is 9.73 Å². The Balaban J connectivity index is 1.40. The minimum Gasteiger partial charge on any atom is -0.441 e. The molecular formula is C26H30N2O2S. The van der Waals surface area contributed by atoms with Crippen LogP contribution in [0, 0.1) is 18.8 Å². The lowest BCUT2D eigenvalue weighted by molar-refractivity contribution is 0.0891. The Bertz CT molecular complexity index is 1010. The molecule has 0 radical (unpaired) electrons. The number of nitrogens with one attached hydrogen (secondary N) is 1. The molecule has 0 unspecified atom stereocenters. The van der Waals surface area contributed by atoms with E-state index >= 15 is 0 Å². The molecular weight excluding hydrogens is 404 g/mol. The van der Waals surface area contributed by atoms with Crippen LogP contribution >= 0.6 is 11.8 Å². The first-order valence-electron chi connectivity index (χ1n) is 11.1. The van der Waals surface area contributed by atoms with Crippen molar-refractivity contribution < 1.29 is 9.21 Å². The molecule has 4 rings (SSSR count). The van der Waals surface area contributed by atoms with Crippen LogP contribution in [-0.4, -0.2) is 16.9 Å². The Hall–Kier alpha value is -2.53. The highest BCUT2D eigenvalue weighted by molar-refractivity contribution is 7.98. The number of amides is 1. The fourth-order valence-electron chi connectivity index (χ4n) is 4.16. The Labute approximate surface area is 188 Å². The van der Waals surface area contributed by atoms with E-state index in [9.17, 15) is 4.79 Å². The predicted octanol–water partition coefficient (Wildman–Crippen LogP) is 6.50. The summed E-state index contributed by atoms with van der Waals surface area (Å²) >= 11 is 1.74. The quantitative estimate of drug-likeness (QED) is 0.450. The van der Waals surface area contributed by atoms with Crippen molar-refractivity contribution >= 4 is 17.7 Å². The monoisotopic (exact) mass is 434 g/mol. The summed E-state index contributed by atoms with van der Waals surface area (Å²) in [5.41, 5.74) is 2.51. The van der Waals surface area contributed by atoms with Crippen molar-refractivity contribution in [1.82, 2.24) is 10.3 Å². The normalized spacial score (nSPS) is 21.1. The number of hydrogen-bond acceptors (Lipinski definition) is 4. The largest absolute Gasteiger partial charge is 0.441 e. The molecule has 0 bridgehead atoms. The van der Waals surface area contributed by atoms with Gasteiger partial charge in [-0.2, -0.15) is 0 Å². The highest BCUT2D eigenvalue weighted by Gasteiger charge is 2.28. The van der Waals surface area contributed by atoms with Crippen molar-refractivity contribution in [1.29, 1.82) is 0 Å². The van der Waals surface area contributed by atoms with Crippen LogP contribution in [0.4, 0.5) is 0 Å². The third-order valence-electron chi connectivity index (χ3n) is 6.43. The first-order valence-corrected chi connectivity index (χ1v) is 12.1. The molecule has 0 spiro atoms. The number of carbonyl (C=O) groups excluding carboxylic acids is 1. The third-order valence-corrected chi connectivity index (χ3v) is 7.45. The molecule has 4 nitrogen and oxygen atoms in total. The van der Waals surface area contributed by atoms with E-state index in [0.29, 0.717) is 23.3 Å².